The Morgan fingerprint density at radius 3 is 2.85 bits per heavy atom. The maximum Gasteiger partial charge on any atom is 0.271 e. The van der Waals surface area contributed by atoms with E-state index in [4.69, 9.17) is 10.5 Å². The third-order valence-corrected chi connectivity index (χ3v) is 3.09. The Bertz CT molecular complexity index is 428. The van der Waals surface area contributed by atoms with E-state index in [1.54, 1.807) is 12.5 Å². The number of carbonyl (C=O) groups is 2. The van der Waals surface area contributed by atoms with Crippen LogP contribution in [0.25, 0.3) is 0 Å². The topological polar surface area (TPSA) is 106 Å². The molecule has 7 nitrogen and oxygen atoms in total. The summed E-state index contributed by atoms with van der Waals surface area (Å²) >= 11 is 1.38. The van der Waals surface area contributed by atoms with Crippen molar-refractivity contribution in [1.82, 2.24) is 15.6 Å². The van der Waals surface area contributed by atoms with Crippen LogP contribution in [0.2, 0.25) is 0 Å². The summed E-state index contributed by atoms with van der Waals surface area (Å²) in [5.41, 5.74) is 5.72. The van der Waals surface area contributed by atoms with Gasteiger partial charge in [0.25, 0.3) is 5.91 Å². The van der Waals surface area contributed by atoms with E-state index in [1.165, 1.54) is 11.3 Å². The molecule has 1 heterocycles. The molecule has 0 aromatic carbocycles. The first kappa shape index (κ1) is 18.8. The lowest BCUT2D eigenvalue weighted by Gasteiger charge is -2.05. The molecule has 0 aliphatic carbocycles. The Morgan fingerprint density at radius 2 is 2.20 bits per heavy atom. The molecular formula is C11H19ClN4O3S. The van der Waals surface area contributed by atoms with E-state index in [0.29, 0.717) is 31.8 Å². The third kappa shape index (κ3) is 6.80. The first-order valence-electron chi connectivity index (χ1n) is 5.85. The molecular weight excluding hydrogens is 304 g/mol. The monoisotopic (exact) mass is 322 g/mol. The van der Waals surface area contributed by atoms with E-state index in [-0.39, 0.29) is 30.8 Å². The number of amides is 2. The molecule has 0 bridgehead atoms. The van der Waals surface area contributed by atoms with E-state index in [2.05, 4.69) is 15.6 Å². The van der Waals surface area contributed by atoms with Gasteiger partial charge < -0.3 is 21.1 Å². The Labute approximate surface area is 127 Å². The smallest absolute Gasteiger partial charge is 0.271 e. The number of methoxy groups -OCH3 is 1. The highest BCUT2D eigenvalue weighted by Gasteiger charge is 2.11. The molecule has 0 atom stereocenters. The van der Waals surface area contributed by atoms with Crippen LogP contribution in [0.15, 0.2) is 5.38 Å². The van der Waals surface area contributed by atoms with E-state index in [9.17, 15) is 9.59 Å². The van der Waals surface area contributed by atoms with Gasteiger partial charge in [0.05, 0.1) is 18.2 Å². The van der Waals surface area contributed by atoms with Crippen molar-refractivity contribution in [3.8, 4) is 0 Å². The quantitative estimate of drug-likeness (QED) is 0.562. The van der Waals surface area contributed by atoms with E-state index >= 15 is 0 Å². The van der Waals surface area contributed by atoms with Gasteiger partial charge in [-0.2, -0.15) is 0 Å². The largest absolute Gasteiger partial charge is 0.383 e. The minimum absolute atomic E-state index is 0. The maximum atomic E-state index is 11.7. The van der Waals surface area contributed by atoms with Crippen molar-refractivity contribution in [1.29, 1.82) is 0 Å². The van der Waals surface area contributed by atoms with Crippen LogP contribution in [0.1, 0.15) is 15.5 Å². The zero-order valence-electron chi connectivity index (χ0n) is 11.2. The van der Waals surface area contributed by atoms with Gasteiger partial charge >= 0.3 is 0 Å². The molecule has 4 N–H and O–H groups in total. The van der Waals surface area contributed by atoms with Crippen molar-refractivity contribution in [3.63, 3.8) is 0 Å². The van der Waals surface area contributed by atoms with Crippen molar-refractivity contribution in [2.24, 2.45) is 5.73 Å². The van der Waals surface area contributed by atoms with Gasteiger partial charge in [0.15, 0.2) is 0 Å². The predicted octanol–water partition coefficient (Wildman–Crippen LogP) is -0.441. The van der Waals surface area contributed by atoms with Crippen molar-refractivity contribution in [2.45, 2.75) is 6.42 Å². The number of carbonyl (C=O) groups excluding carboxylic acids is 2. The number of thiazole rings is 1. The zero-order valence-corrected chi connectivity index (χ0v) is 12.8. The van der Waals surface area contributed by atoms with Gasteiger partial charge in [-0.25, -0.2) is 4.98 Å². The molecule has 9 heteroatoms. The number of aromatic nitrogens is 1. The van der Waals surface area contributed by atoms with Gasteiger partial charge in [0.1, 0.15) is 5.69 Å². The summed E-state index contributed by atoms with van der Waals surface area (Å²) < 4.78 is 4.79. The average molecular weight is 323 g/mol. The molecule has 2 amide bonds. The molecule has 0 radical (unpaired) electrons. The molecule has 0 spiro atoms. The van der Waals surface area contributed by atoms with Gasteiger partial charge in [0, 0.05) is 25.5 Å². The van der Waals surface area contributed by atoms with E-state index in [1.807, 2.05) is 0 Å². The molecule has 1 aromatic rings. The van der Waals surface area contributed by atoms with Crippen LogP contribution >= 0.6 is 23.7 Å². The number of hydrogen-bond acceptors (Lipinski definition) is 6. The first-order chi connectivity index (χ1) is 9.17. The van der Waals surface area contributed by atoms with Gasteiger partial charge in [0.2, 0.25) is 5.91 Å². The fraction of sp³-hybridized carbons (Fsp3) is 0.545. The van der Waals surface area contributed by atoms with Crippen molar-refractivity contribution >= 4 is 35.6 Å². The van der Waals surface area contributed by atoms with Crippen molar-refractivity contribution < 1.29 is 14.3 Å². The first-order valence-corrected chi connectivity index (χ1v) is 6.73. The standard InChI is InChI=1S/C11H18N4O3S.ClH/c1-18-5-4-13-9(16)6-14-11(17)8-7-19-10(15-8)2-3-12;/h7H,2-6,12H2,1H3,(H,13,16)(H,14,17);1H. The lowest BCUT2D eigenvalue weighted by molar-refractivity contribution is -0.120. The fourth-order valence-electron chi connectivity index (χ4n) is 1.26. The van der Waals surface area contributed by atoms with Crippen LogP contribution in [0, 0.1) is 0 Å². The molecule has 0 saturated carbocycles. The van der Waals surface area contributed by atoms with Crippen LogP contribution in [0.3, 0.4) is 0 Å². The highest BCUT2D eigenvalue weighted by Crippen LogP contribution is 2.09. The van der Waals surface area contributed by atoms with Gasteiger partial charge in [-0.3, -0.25) is 9.59 Å². The lowest BCUT2D eigenvalue weighted by atomic mass is 10.4. The number of hydrogen-bond donors (Lipinski definition) is 3. The molecule has 0 aliphatic rings. The Kier molecular flexibility index (Phi) is 9.91. The number of nitrogens with two attached hydrogens (primary N) is 1. The SMILES string of the molecule is COCCNC(=O)CNC(=O)c1csc(CCN)n1.Cl. The average Bonchev–Trinajstić information content (AvgIpc) is 2.85. The summed E-state index contributed by atoms with van der Waals surface area (Å²) in [6.45, 7) is 1.28. The number of rotatable bonds is 8. The maximum absolute atomic E-state index is 11.7. The number of nitrogens with zero attached hydrogens (tertiary/aromatic N) is 1. The highest BCUT2D eigenvalue weighted by molar-refractivity contribution is 7.09. The fourth-order valence-corrected chi connectivity index (χ4v) is 2.05. The Morgan fingerprint density at radius 1 is 1.45 bits per heavy atom. The second kappa shape index (κ2) is 10.6. The van der Waals surface area contributed by atoms with Crippen LogP contribution in [0.4, 0.5) is 0 Å². The summed E-state index contributed by atoms with van der Waals surface area (Å²) in [7, 11) is 1.55. The van der Waals surface area contributed by atoms with Gasteiger partial charge in [-0.1, -0.05) is 0 Å². The van der Waals surface area contributed by atoms with Crippen molar-refractivity contribution in [3.05, 3.63) is 16.1 Å². The number of nitrogens with one attached hydrogen (secondary N) is 2. The van der Waals surface area contributed by atoms with E-state index < -0.39 is 0 Å². The Balaban J connectivity index is 0.00000361. The minimum atomic E-state index is -0.360. The summed E-state index contributed by atoms with van der Waals surface area (Å²) in [4.78, 5) is 27.2. The lowest BCUT2D eigenvalue weighted by Crippen LogP contribution is -2.38. The minimum Gasteiger partial charge on any atom is -0.383 e. The molecule has 0 fully saturated rings. The molecule has 0 aliphatic heterocycles. The highest BCUT2D eigenvalue weighted by atomic mass is 35.5. The van der Waals surface area contributed by atoms with E-state index in [0.717, 1.165) is 5.01 Å². The molecule has 20 heavy (non-hydrogen) atoms. The molecule has 114 valence electrons. The van der Waals surface area contributed by atoms with Gasteiger partial charge in [-0.15, -0.1) is 23.7 Å². The summed E-state index contributed by atoms with van der Waals surface area (Å²) in [5, 5.41) is 7.58. The second-order valence-electron chi connectivity index (χ2n) is 3.69. The molecule has 0 unspecified atom stereocenters. The summed E-state index contributed by atoms with van der Waals surface area (Å²) in [6, 6.07) is 0. The Hall–Kier alpha value is -1.22. The van der Waals surface area contributed by atoms with Crippen LogP contribution in [-0.4, -0.2) is 50.1 Å². The van der Waals surface area contributed by atoms with Crippen LogP contribution in [-0.2, 0) is 16.0 Å². The summed E-state index contributed by atoms with van der Waals surface area (Å²) in [6.07, 6.45) is 0.648. The second-order valence-corrected chi connectivity index (χ2v) is 4.63. The number of halogens is 1. The molecule has 1 aromatic heterocycles. The third-order valence-electron chi connectivity index (χ3n) is 2.18. The molecule has 1 rings (SSSR count). The van der Waals surface area contributed by atoms with Gasteiger partial charge in [-0.05, 0) is 6.54 Å². The number of ether oxygens (including phenoxy) is 1. The summed E-state index contributed by atoms with van der Waals surface area (Å²) in [5.74, 6) is -0.621. The van der Waals surface area contributed by atoms with Crippen LogP contribution < -0.4 is 16.4 Å². The predicted molar refractivity (Wildman–Crippen MR) is 79.3 cm³/mol. The zero-order chi connectivity index (χ0) is 14.1. The van der Waals surface area contributed by atoms with Crippen LogP contribution in [0.5, 0.6) is 0 Å². The normalized spacial score (nSPS) is 9.70. The van der Waals surface area contributed by atoms with Crippen molar-refractivity contribution in [2.75, 3.05) is 33.4 Å². The molecule has 0 saturated heterocycles.